The van der Waals surface area contributed by atoms with Crippen molar-refractivity contribution in [3.63, 3.8) is 0 Å². The van der Waals surface area contributed by atoms with Gasteiger partial charge in [-0.15, -0.1) is 0 Å². The molecule has 0 radical (unpaired) electrons. The van der Waals surface area contributed by atoms with Crippen LogP contribution >= 0.6 is 0 Å². The number of hydrogen-bond acceptors (Lipinski definition) is 3. The lowest BCUT2D eigenvalue weighted by Crippen LogP contribution is -2.24. The summed E-state index contributed by atoms with van der Waals surface area (Å²) in [4.78, 5) is 11.9. The molecule has 5 heteroatoms. The van der Waals surface area contributed by atoms with E-state index in [9.17, 15) is 13.2 Å². The zero-order valence-electron chi connectivity index (χ0n) is 11.7. The van der Waals surface area contributed by atoms with Crippen molar-refractivity contribution in [2.45, 2.75) is 12.7 Å². The first-order valence-corrected chi connectivity index (χ1v) is 8.38. The first-order valence-electron chi connectivity index (χ1n) is 6.56. The lowest BCUT2D eigenvalue weighted by Gasteiger charge is -2.08. The summed E-state index contributed by atoms with van der Waals surface area (Å²) in [5.41, 5.74) is 2.21. The van der Waals surface area contributed by atoms with Crippen LogP contribution in [0.2, 0.25) is 0 Å². The molecule has 1 amide bonds. The molecule has 0 saturated carbocycles. The predicted octanol–water partition coefficient (Wildman–Crippen LogP) is 2.55. The van der Waals surface area contributed by atoms with E-state index >= 15 is 0 Å². The van der Waals surface area contributed by atoms with E-state index in [0.717, 1.165) is 5.56 Å². The van der Waals surface area contributed by atoms with E-state index < -0.39 is 21.5 Å². The Bertz CT molecular complexity index is 724. The number of anilines is 1. The van der Waals surface area contributed by atoms with E-state index in [-0.39, 0.29) is 5.75 Å². The minimum Gasteiger partial charge on any atom is -0.325 e. The zero-order chi connectivity index (χ0) is 15.3. The highest BCUT2D eigenvalue weighted by Gasteiger charge is 2.17. The molecule has 0 unspecified atom stereocenters. The third-order valence-electron chi connectivity index (χ3n) is 3.00. The Hall–Kier alpha value is -2.14. The molecule has 2 aromatic carbocycles. The minimum absolute atomic E-state index is 0.130. The molecule has 0 heterocycles. The molecular formula is C16H17NO3S. The summed E-state index contributed by atoms with van der Waals surface area (Å²) in [6.45, 7) is 1.86. The second kappa shape index (κ2) is 6.54. The summed E-state index contributed by atoms with van der Waals surface area (Å²) in [5.74, 6) is -1.16. The number of para-hydroxylation sites is 1. The van der Waals surface area contributed by atoms with Gasteiger partial charge < -0.3 is 5.32 Å². The molecule has 1 N–H and O–H groups in total. The Morgan fingerprint density at radius 1 is 1.00 bits per heavy atom. The van der Waals surface area contributed by atoms with E-state index in [1.54, 1.807) is 36.4 Å². The van der Waals surface area contributed by atoms with Gasteiger partial charge in [-0.05, 0) is 24.1 Å². The van der Waals surface area contributed by atoms with Crippen molar-refractivity contribution >= 4 is 21.4 Å². The van der Waals surface area contributed by atoms with Crippen molar-refractivity contribution in [1.82, 2.24) is 0 Å². The Labute approximate surface area is 124 Å². The summed E-state index contributed by atoms with van der Waals surface area (Å²) < 4.78 is 24.0. The van der Waals surface area contributed by atoms with Crippen molar-refractivity contribution < 1.29 is 13.2 Å². The standard InChI is InChI=1S/C16H17NO3S/c1-13-7-5-6-10-15(13)17-16(18)12-21(19,20)11-14-8-3-2-4-9-14/h2-10H,11-12H2,1H3,(H,17,18). The fraction of sp³-hybridized carbons (Fsp3) is 0.188. The van der Waals surface area contributed by atoms with Gasteiger partial charge in [-0.1, -0.05) is 48.5 Å². The molecule has 2 aromatic rings. The molecule has 110 valence electrons. The van der Waals surface area contributed by atoms with Crippen LogP contribution in [-0.2, 0) is 20.4 Å². The van der Waals surface area contributed by atoms with E-state index in [1.807, 2.05) is 25.1 Å². The molecule has 0 saturated heterocycles. The largest absolute Gasteiger partial charge is 0.325 e. The van der Waals surface area contributed by atoms with Crippen LogP contribution in [0.25, 0.3) is 0 Å². The van der Waals surface area contributed by atoms with Gasteiger partial charge in [0.25, 0.3) is 0 Å². The molecule has 0 bridgehead atoms. The summed E-state index contributed by atoms with van der Waals surface area (Å²) in [6, 6.07) is 16.1. The average Bonchev–Trinajstić information content (AvgIpc) is 2.41. The van der Waals surface area contributed by atoms with Gasteiger partial charge in [0.2, 0.25) is 5.91 Å². The topological polar surface area (TPSA) is 63.2 Å². The van der Waals surface area contributed by atoms with Crippen LogP contribution in [0, 0.1) is 6.92 Å². The van der Waals surface area contributed by atoms with Crippen molar-refractivity contribution in [2.75, 3.05) is 11.1 Å². The molecule has 0 atom stereocenters. The molecule has 4 nitrogen and oxygen atoms in total. The molecule has 0 fully saturated rings. The fourth-order valence-corrected chi connectivity index (χ4v) is 3.25. The minimum atomic E-state index is -3.48. The highest BCUT2D eigenvalue weighted by Crippen LogP contribution is 2.13. The van der Waals surface area contributed by atoms with Gasteiger partial charge in [0.1, 0.15) is 5.75 Å². The van der Waals surface area contributed by atoms with Gasteiger partial charge in [-0.25, -0.2) is 8.42 Å². The van der Waals surface area contributed by atoms with Gasteiger partial charge in [-0.2, -0.15) is 0 Å². The fourth-order valence-electron chi connectivity index (χ4n) is 1.98. The SMILES string of the molecule is Cc1ccccc1NC(=O)CS(=O)(=O)Cc1ccccc1. The number of rotatable bonds is 5. The number of aryl methyl sites for hydroxylation is 1. The summed E-state index contributed by atoms with van der Waals surface area (Å²) in [6.07, 6.45) is 0. The summed E-state index contributed by atoms with van der Waals surface area (Å²) >= 11 is 0. The normalized spacial score (nSPS) is 11.1. The van der Waals surface area contributed by atoms with Crippen molar-refractivity contribution in [3.8, 4) is 0 Å². The van der Waals surface area contributed by atoms with Gasteiger partial charge in [-0.3, -0.25) is 4.79 Å². The van der Waals surface area contributed by atoms with Crippen LogP contribution in [0.1, 0.15) is 11.1 Å². The number of carbonyl (C=O) groups is 1. The maximum absolute atomic E-state index is 12.0. The maximum Gasteiger partial charge on any atom is 0.239 e. The van der Waals surface area contributed by atoms with E-state index in [4.69, 9.17) is 0 Å². The van der Waals surface area contributed by atoms with Crippen LogP contribution < -0.4 is 5.32 Å². The quantitative estimate of drug-likeness (QED) is 0.923. The first-order chi connectivity index (χ1) is 9.96. The monoisotopic (exact) mass is 303 g/mol. The lowest BCUT2D eigenvalue weighted by molar-refractivity contribution is -0.113. The molecule has 2 rings (SSSR count). The van der Waals surface area contributed by atoms with Crippen LogP contribution in [0.15, 0.2) is 54.6 Å². The Morgan fingerprint density at radius 3 is 2.29 bits per heavy atom. The predicted molar refractivity (Wildman–Crippen MR) is 83.7 cm³/mol. The molecule has 0 spiro atoms. The first kappa shape index (κ1) is 15.3. The van der Waals surface area contributed by atoms with Crippen molar-refractivity contribution in [1.29, 1.82) is 0 Å². The number of sulfone groups is 1. The van der Waals surface area contributed by atoms with Gasteiger partial charge >= 0.3 is 0 Å². The van der Waals surface area contributed by atoms with Crippen LogP contribution in [0.4, 0.5) is 5.69 Å². The van der Waals surface area contributed by atoms with Crippen LogP contribution in [0.5, 0.6) is 0 Å². The number of benzene rings is 2. The number of hydrogen-bond donors (Lipinski definition) is 1. The van der Waals surface area contributed by atoms with Crippen molar-refractivity contribution in [2.24, 2.45) is 0 Å². The van der Waals surface area contributed by atoms with Crippen LogP contribution in [0.3, 0.4) is 0 Å². The van der Waals surface area contributed by atoms with E-state index in [0.29, 0.717) is 11.3 Å². The van der Waals surface area contributed by atoms with Crippen molar-refractivity contribution in [3.05, 3.63) is 65.7 Å². The molecule has 0 aliphatic carbocycles. The maximum atomic E-state index is 12.0. The smallest absolute Gasteiger partial charge is 0.239 e. The average molecular weight is 303 g/mol. The molecule has 0 aliphatic rings. The molecule has 0 aromatic heterocycles. The highest BCUT2D eigenvalue weighted by atomic mass is 32.2. The Kier molecular flexibility index (Phi) is 4.75. The number of nitrogens with one attached hydrogen (secondary N) is 1. The number of amides is 1. The van der Waals surface area contributed by atoms with Gasteiger partial charge in [0, 0.05) is 5.69 Å². The van der Waals surface area contributed by atoms with Gasteiger partial charge in [0.05, 0.1) is 5.75 Å². The molecule has 21 heavy (non-hydrogen) atoms. The Morgan fingerprint density at radius 2 is 1.62 bits per heavy atom. The highest BCUT2D eigenvalue weighted by molar-refractivity contribution is 7.91. The van der Waals surface area contributed by atoms with E-state index in [1.165, 1.54) is 0 Å². The third-order valence-corrected chi connectivity index (χ3v) is 4.47. The molecular weight excluding hydrogens is 286 g/mol. The number of carbonyl (C=O) groups excluding carboxylic acids is 1. The summed E-state index contributed by atoms with van der Waals surface area (Å²) in [5, 5.41) is 2.63. The van der Waals surface area contributed by atoms with Gasteiger partial charge in [0.15, 0.2) is 9.84 Å². The molecule has 0 aliphatic heterocycles. The Balaban J connectivity index is 2.00. The van der Waals surface area contributed by atoms with Crippen LogP contribution in [-0.4, -0.2) is 20.1 Å². The third kappa shape index (κ3) is 4.72. The second-order valence-electron chi connectivity index (χ2n) is 4.88. The second-order valence-corrected chi connectivity index (χ2v) is 6.95. The van der Waals surface area contributed by atoms with E-state index in [2.05, 4.69) is 5.32 Å². The zero-order valence-corrected chi connectivity index (χ0v) is 12.6. The summed E-state index contributed by atoms with van der Waals surface area (Å²) in [7, 11) is -3.48. The lowest BCUT2D eigenvalue weighted by atomic mass is 10.2.